The van der Waals surface area contributed by atoms with Gasteiger partial charge in [0.2, 0.25) is 0 Å². The highest BCUT2D eigenvalue weighted by atomic mass is 19.4. The van der Waals surface area contributed by atoms with Gasteiger partial charge in [-0.3, -0.25) is 0 Å². The molecule has 0 atom stereocenters. The molecule has 4 heteroatoms. The Morgan fingerprint density at radius 1 is 0.885 bits per heavy atom. The third-order valence-electron chi connectivity index (χ3n) is 4.35. The number of alkyl halides is 3. The van der Waals surface area contributed by atoms with Gasteiger partial charge in [0.05, 0.1) is 5.56 Å². The molecule has 3 rings (SSSR count). The normalized spacial score (nSPS) is 12.2. The second-order valence-corrected chi connectivity index (χ2v) is 6.20. The summed E-state index contributed by atoms with van der Waals surface area (Å²) in [5.41, 5.74) is 1.32. The van der Waals surface area contributed by atoms with Gasteiger partial charge < -0.3 is 0 Å². The van der Waals surface area contributed by atoms with E-state index in [0.717, 1.165) is 30.5 Å². The second-order valence-electron chi connectivity index (χ2n) is 6.20. The standard InChI is InChI=1S/C22H18F4/c1-2-3-4-5-15-6-11-20(21(23)12-15)18-8-7-17-14-19(22(24,25)26)10-9-16(17)13-18/h2-3,6-14H,4-5H2,1H3/b3-2+. The molecule has 0 spiro atoms. The summed E-state index contributed by atoms with van der Waals surface area (Å²) in [6, 6.07) is 13.7. The highest BCUT2D eigenvalue weighted by Gasteiger charge is 2.30. The maximum atomic E-state index is 14.5. The van der Waals surface area contributed by atoms with Crippen molar-refractivity contribution >= 4 is 10.8 Å². The molecule has 0 aliphatic carbocycles. The zero-order chi connectivity index (χ0) is 18.7. The van der Waals surface area contributed by atoms with Gasteiger partial charge in [0.15, 0.2) is 0 Å². The molecule has 0 amide bonds. The largest absolute Gasteiger partial charge is 0.416 e. The number of allylic oxidation sites excluding steroid dienone is 2. The first kappa shape index (κ1) is 18.2. The number of hydrogen-bond acceptors (Lipinski definition) is 0. The van der Waals surface area contributed by atoms with Crippen LogP contribution in [0.3, 0.4) is 0 Å². The molecule has 26 heavy (non-hydrogen) atoms. The maximum absolute atomic E-state index is 14.5. The first-order chi connectivity index (χ1) is 12.4. The molecule has 0 nitrogen and oxygen atoms in total. The van der Waals surface area contributed by atoms with E-state index in [4.69, 9.17) is 0 Å². The van der Waals surface area contributed by atoms with E-state index in [-0.39, 0.29) is 5.82 Å². The van der Waals surface area contributed by atoms with Crippen molar-refractivity contribution in [1.29, 1.82) is 0 Å². The SMILES string of the molecule is C/C=C/CCc1ccc(-c2ccc3cc(C(F)(F)F)ccc3c2)c(F)c1. The highest BCUT2D eigenvalue weighted by molar-refractivity contribution is 5.88. The lowest BCUT2D eigenvalue weighted by Crippen LogP contribution is -2.04. The fourth-order valence-corrected chi connectivity index (χ4v) is 2.95. The molecule has 3 aromatic rings. The van der Waals surface area contributed by atoms with Crippen LogP contribution in [0.15, 0.2) is 66.7 Å². The second kappa shape index (κ2) is 7.32. The Morgan fingerprint density at radius 2 is 1.62 bits per heavy atom. The third-order valence-corrected chi connectivity index (χ3v) is 4.35. The summed E-state index contributed by atoms with van der Waals surface area (Å²) in [4.78, 5) is 0. The minimum atomic E-state index is -4.37. The van der Waals surface area contributed by atoms with Crippen molar-refractivity contribution in [2.24, 2.45) is 0 Å². The summed E-state index contributed by atoms with van der Waals surface area (Å²) in [5, 5.41) is 1.12. The van der Waals surface area contributed by atoms with Gasteiger partial charge >= 0.3 is 6.18 Å². The predicted molar refractivity (Wildman–Crippen MR) is 97.5 cm³/mol. The Morgan fingerprint density at radius 3 is 2.31 bits per heavy atom. The topological polar surface area (TPSA) is 0 Å². The summed E-state index contributed by atoms with van der Waals surface area (Å²) >= 11 is 0. The van der Waals surface area contributed by atoms with E-state index in [2.05, 4.69) is 0 Å². The van der Waals surface area contributed by atoms with Gasteiger partial charge in [-0.25, -0.2) is 4.39 Å². The number of halogens is 4. The number of fused-ring (bicyclic) bond motifs is 1. The van der Waals surface area contributed by atoms with E-state index in [1.165, 1.54) is 12.1 Å². The van der Waals surface area contributed by atoms with Crippen LogP contribution < -0.4 is 0 Å². The minimum absolute atomic E-state index is 0.325. The maximum Gasteiger partial charge on any atom is 0.416 e. The molecule has 0 saturated carbocycles. The predicted octanol–water partition coefficient (Wildman–Crippen LogP) is 7.17. The van der Waals surface area contributed by atoms with Crippen molar-refractivity contribution in [3.8, 4) is 11.1 Å². The van der Waals surface area contributed by atoms with Gasteiger partial charge in [0, 0.05) is 5.56 Å². The van der Waals surface area contributed by atoms with E-state index in [1.54, 1.807) is 24.3 Å². The van der Waals surface area contributed by atoms with Crippen LogP contribution in [0.5, 0.6) is 0 Å². The van der Waals surface area contributed by atoms with E-state index >= 15 is 0 Å². The molecule has 0 heterocycles. The van der Waals surface area contributed by atoms with Gasteiger partial charge in [-0.2, -0.15) is 13.2 Å². The van der Waals surface area contributed by atoms with Gasteiger partial charge in [0.1, 0.15) is 5.82 Å². The molecule has 0 unspecified atom stereocenters. The Labute approximate surface area is 149 Å². The summed E-state index contributed by atoms with van der Waals surface area (Å²) in [7, 11) is 0. The van der Waals surface area contributed by atoms with Crippen molar-refractivity contribution < 1.29 is 17.6 Å². The molecule has 0 radical (unpaired) electrons. The molecule has 3 aromatic carbocycles. The molecular formula is C22H18F4. The van der Waals surface area contributed by atoms with Crippen LogP contribution in [-0.2, 0) is 12.6 Å². The smallest absolute Gasteiger partial charge is 0.206 e. The minimum Gasteiger partial charge on any atom is -0.206 e. The number of rotatable bonds is 4. The van der Waals surface area contributed by atoms with Gasteiger partial charge in [-0.05, 0) is 65.9 Å². The van der Waals surface area contributed by atoms with Crippen LogP contribution in [0.4, 0.5) is 17.6 Å². The monoisotopic (exact) mass is 358 g/mol. The number of benzene rings is 3. The molecule has 134 valence electrons. The average Bonchev–Trinajstić information content (AvgIpc) is 2.60. The van der Waals surface area contributed by atoms with Crippen LogP contribution >= 0.6 is 0 Å². The van der Waals surface area contributed by atoms with E-state index in [0.29, 0.717) is 21.9 Å². The summed E-state index contributed by atoms with van der Waals surface area (Å²) in [6.45, 7) is 1.95. The van der Waals surface area contributed by atoms with Crippen molar-refractivity contribution in [3.63, 3.8) is 0 Å². The van der Waals surface area contributed by atoms with Gasteiger partial charge in [-0.15, -0.1) is 0 Å². The van der Waals surface area contributed by atoms with Gasteiger partial charge in [0.25, 0.3) is 0 Å². The van der Waals surface area contributed by atoms with E-state index < -0.39 is 11.7 Å². The summed E-state index contributed by atoms with van der Waals surface area (Å²) < 4.78 is 52.9. The fourth-order valence-electron chi connectivity index (χ4n) is 2.95. The lowest BCUT2D eigenvalue weighted by Gasteiger charge is -2.10. The van der Waals surface area contributed by atoms with Crippen LogP contribution in [0.1, 0.15) is 24.5 Å². The first-order valence-electron chi connectivity index (χ1n) is 8.39. The van der Waals surface area contributed by atoms with Gasteiger partial charge in [-0.1, -0.05) is 42.5 Å². The number of aryl methyl sites for hydroxylation is 1. The van der Waals surface area contributed by atoms with Crippen molar-refractivity contribution in [3.05, 3.63) is 83.7 Å². The third kappa shape index (κ3) is 3.96. The van der Waals surface area contributed by atoms with Crippen LogP contribution in [0.2, 0.25) is 0 Å². The molecule has 0 fully saturated rings. The van der Waals surface area contributed by atoms with Crippen LogP contribution in [0.25, 0.3) is 21.9 Å². The molecule has 0 aliphatic rings. The van der Waals surface area contributed by atoms with E-state index in [9.17, 15) is 17.6 Å². The van der Waals surface area contributed by atoms with Crippen LogP contribution in [-0.4, -0.2) is 0 Å². The molecule has 0 bridgehead atoms. The van der Waals surface area contributed by atoms with Crippen molar-refractivity contribution in [2.45, 2.75) is 25.9 Å². The lowest BCUT2D eigenvalue weighted by molar-refractivity contribution is -0.137. The van der Waals surface area contributed by atoms with E-state index in [1.807, 2.05) is 25.1 Å². The quantitative estimate of drug-likeness (QED) is 0.342. The molecule has 0 aliphatic heterocycles. The summed E-state index contributed by atoms with van der Waals surface area (Å²) in [5.74, 6) is -0.325. The Kier molecular flexibility index (Phi) is 5.12. The Balaban J connectivity index is 1.93. The summed E-state index contributed by atoms with van der Waals surface area (Å²) in [6.07, 6.45) is 1.24. The Bertz CT molecular complexity index is 952. The van der Waals surface area contributed by atoms with Crippen molar-refractivity contribution in [1.82, 2.24) is 0 Å². The fraction of sp³-hybridized carbons (Fsp3) is 0.182. The average molecular weight is 358 g/mol. The Hall–Kier alpha value is -2.62. The first-order valence-corrected chi connectivity index (χ1v) is 8.39. The van der Waals surface area contributed by atoms with Crippen molar-refractivity contribution in [2.75, 3.05) is 0 Å². The lowest BCUT2D eigenvalue weighted by atomic mass is 9.98. The molecule has 0 aromatic heterocycles. The molecule has 0 N–H and O–H groups in total. The molecular weight excluding hydrogens is 340 g/mol. The number of hydrogen-bond donors (Lipinski definition) is 0. The molecule has 0 saturated heterocycles. The highest BCUT2D eigenvalue weighted by Crippen LogP contribution is 2.33. The van der Waals surface area contributed by atoms with Crippen LogP contribution in [0, 0.1) is 5.82 Å². The zero-order valence-corrected chi connectivity index (χ0v) is 14.3. The zero-order valence-electron chi connectivity index (χ0n) is 14.3.